The molecule has 2 aromatic rings. The van der Waals surface area contributed by atoms with Crippen molar-refractivity contribution in [2.45, 2.75) is 10.8 Å². The first-order chi connectivity index (χ1) is 8.90. The molecule has 2 aromatic heterocycles. The highest BCUT2D eigenvalue weighted by Gasteiger charge is 2.25. The topological polar surface area (TPSA) is 96.4 Å². The number of hydrogen-bond acceptors (Lipinski definition) is 6. The molecular weight excluding hydrogens is 332 g/mol. The van der Waals surface area contributed by atoms with Crippen LogP contribution >= 0.6 is 34.3 Å². The summed E-state index contributed by atoms with van der Waals surface area (Å²) < 4.78 is 26.5. The van der Waals surface area contributed by atoms with Crippen LogP contribution in [0.5, 0.6) is 0 Å². The molecular formula is C9H7ClN2O4S3. The number of aromatic nitrogens is 1. The molecule has 6 nitrogen and oxygen atoms in total. The van der Waals surface area contributed by atoms with Gasteiger partial charge in [0.1, 0.15) is 0 Å². The van der Waals surface area contributed by atoms with E-state index in [-0.39, 0.29) is 10.8 Å². The van der Waals surface area contributed by atoms with Gasteiger partial charge in [0, 0.05) is 11.4 Å². The van der Waals surface area contributed by atoms with Crippen LogP contribution < -0.4 is 4.72 Å². The fraction of sp³-hybridized carbons (Fsp3) is 0.111. The first-order valence-electron chi connectivity index (χ1n) is 4.81. The summed E-state index contributed by atoms with van der Waals surface area (Å²) in [4.78, 5) is 15.1. The number of thiophene rings is 1. The van der Waals surface area contributed by atoms with Crippen molar-refractivity contribution in [2.24, 2.45) is 0 Å². The molecule has 2 N–H and O–H groups in total. The van der Waals surface area contributed by atoms with Crippen molar-refractivity contribution in [2.75, 3.05) is 0 Å². The lowest BCUT2D eigenvalue weighted by atomic mass is 10.5. The van der Waals surface area contributed by atoms with Crippen molar-refractivity contribution in [3.63, 3.8) is 0 Å². The average Bonchev–Trinajstić information content (AvgIpc) is 2.94. The van der Waals surface area contributed by atoms with Gasteiger partial charge in [0.2, 0.25) is 0 Å². The Labute approximate surface area is 121 Å². The van der Waals surface area contributed by atoms with Gasteiger partial charge in [-0.3, -0.25) is 0 Å². The Balaban J connectivity index is 2.18. The molecule has 0 aromatic carbocycles. The Morgan fingerprint density at radius 3 is 2.79 bits per heavy atom. The number of sulfonamides is 1. The lowest BCUT2D eigenvalue weighted by Crippen LogP contribution is -2.23. The standard InChI is InChI=1S/C9H7ClN2O4S3/c10-6-2-1-5(18-6)3-12-19(15,16)9-7(8(13)14)11-4-17-9/h1-2,4,12H,3H2,(H,13,14). The van der Waals surface area contributed by atoms with E-state index >= 15 is 0 Å². The molecule has 0 spiro atoms. The van der Waals surface area contributed by atoms with Gasteiger partial charge in [-0.05, 0) is 12.1 Å². The van der Waals surface area contributed by atoms with Gasteiger partial charge in [-0.1, -0.05) is 11.6 Å². The predicted molar refractivity (Wildman–Crippen MR) is 72.4 cm³/mol. The van der Waals surface area contributed by atoms with Crippen molar-refractivity contribution in [1.82, 2.24) is 9.71 Å². The summed E-state index contributed by atoms with van der Waals surface area (Å²) in [5.74, 6) is -1.37. The van der Waals surface area contributed by atoms with Gasteiger partial charge in [0.25, 0.3) is 10.0 Å². The Hall–Kier alpha value is -1.000. The van der Waals surface area contributed by atoms with E-state index < -0.39 is 21.7 Å². The van der Waals surface area contributed by atoms with Crippen LogP contribution in [0.4, 0.5) is 0 Å². The number of aromatic carboxylic acids is 1. The third-order valence-corrected chi connectivity index (χ3v) is 6.05. The second-order valence-electron chi connectivity index (χ2n) is 3.32. The molecule has 2 rings (SSSR count). The molecule has 0 aliphatic rings. The van der Waals surface area contributed by atoms with Crippen LogP contribution in [0, 0.1) is 0 Å². The summed E-state index contributed by atoms with van der Waals surface area (Å²) in [5.41, 5.74) is 0.710. The molecule has 2 heterocycles. The normalized spacial score (nSPS) is 11.6. The number of hydrogen-bond donors (Lipinski definition) is 2. The van der Waals surface area contributed by atoms with Crippen LogP contribution in [0.1, 0.15) is 15.4 Å². The molecule has 0 unspecified atom stereocenters. The third kappa shape index (κ3) is 3.31. The SMILES string of the molecule is O=C(O)c1ncsc1S(=O)(=O)NCc1ccc(Cl)s1. The maximum absolute atomic E-state index is 12.0. The number of carboxylic acid groups (broad SMARTS) is 1. The van der Waals surface area contributed by atoms with Crippen LogP contribution in [0.25, 0.3) is 0 Å². The van der Waals surface area contributed by atoms with Crippen molar-refractivity contribution < 1.29 is 18.3 Å². The Morgan fingerprint density at radius 2 is 2.21 bits per heavy atom. The molecule has 0 amide bonds. The summed E-state index contributed by atoms with van der Waals surface area (Å²) in [5, 5.41) is 8.84. The molecule has 0 saturated carbocycles. The number of carboxylic acids is 1. The molecule has 0 aliphatic heterocycles. The van der Waals surface area contributed by atoms with E-state index in [2.05, 4.69) is 9.71 Å². The number of thiazole rings is 1. The minimum Gasteiger partial charge on any atom is -0.476 e. The number of nitrogens with zero attached hydrogens (tertiary/aromatic N) is 1. The van der Waals surface area contributed by atoms with E-state index in [1.165, 1.54) is 16.8 Å². The molecule has 0 fully saturated rings. The van der Waals surface area contributed by atoms with Crippen molar-refractivity contribution in [1.29, 1.82) is 0 Å². The van der Waals surface area contributed by atoms with Crippen LogP contribution in [0.15, 0.2) is 21.9 Å². The van der Waals surface area contributed by atoms with E-state index in [0.29, 0.717) is 4.34 Å². The molecule has 10 heteroatoms. The van der Waals surface area contributed by atoms with E-state index in [0.717, 1.165) is 16.2 Å². The molecule has 0 radical (unpaired) electrons. The van der Waals surface area contributed by atoms with E-state index in [1.54, 1.807) is 12.1 Å². The van der Waals surface area contributed by atoms with Crippen molar-refractivity contribution in [3.8, 4) is 0 Å². The zero-order valence-corrected chi connectivity index (χ0v) is 12.4. The minimum atomic E-state index is -3.89. The highest BCUT2D eigenvalue weighted by molar-refractivity contribution is 7.91. The van der Waals surface area contributed by atoms with E-state index in [9.17, 15) is 13.2 Å². The maximum Gasteiger partial charge on any atom is 0.356 e. The second-order valence-corrected chi connectivity index (χ2v) is 7.94. The number of nitrogens with one attached hydrogen (secondary N) is 1. The van der Waals surface area contributed by atoms with Gasteiger partial charge in [-0.15, -0.1) is 22.7 Å². The smallest absolute Gasteiger partial charge is 0.356 e. The lowest BCUT2D eigenvalue weighted by molar-refractivity contribution is 0.0687. The Kier molecular flexibility index (Phi) is 4.21. The Morgan fingerprint density at radius 1 is 1.47 bits per heavy atom. The van der Waals surface area contributed by atoms with Crippen LogP contribution in [0.2, 0.25) is 4.34 Å². The highest BCUT2D eigenvalue weighted by Crippen LogP contribution is 2.23. The highest BCUT2D eigenvalue weighted by atomic mass is 35.5. The molecule has 0 bridgehead atoms. The van der Waals surface area contributed by atoms with Crippen LogP contribution in [-0.4, -0.2) is 24.5 Å². The lowest BCUT2D eigenvalue weighted by Gasteiger charge is -2.03. The average molecular weight is 339 g/mol. The number of halogens is 1. The predicted octanol–water partition coefficient (Wildman–Crippen LogP) is 2.03. The summed E-state index contributed by atoms with van der Waals surface area (Å²) in [6.45, 7) is 0.0523. The van der Waals surface area contributed by atoms with Crippen LogP contribution in [0.3, 0.4) is 0 Å². The molecule has 0 saturated heterocycles. The van der Waals surface area contributed by atoms with Crippen LogP contribution in [-0.2, 0) is 16.6 Å². The van der Waals surface area contributed by atoms with Gasteiger partial charge in [-0.25, -0.2) is 22.9 Å². The fourth-order valence-electron chi connectivity index (χ4n) is 1.25. The third-order valence-electron chi connectivity index (χ3n) is 2.05. The monoisotopic (exact) mass is 338 g/mol. The first kappa shape index (κ1) is 14.4. The van der Waals surface area contributed by atoms with Gasteiger partial charge < -0.3 is 5.11 Å². The second kappa shape index (κ2) is 5.55. The van der Waals surface area contributed by atoms with Gasteiger partial charge in [-0.2, -0.15) is 0 Å². The Bertz CT molecular complexity index is 707. The van der Waals surface area contributed by atoms with Gasteiger partial charge in [0.05, 0.1) is 9.85 Å². The summed E-state index contributed by atoms with van der Waals surface area (Å²) in [7, 11) is -3.89. The molecule has 19 heavy (non-hydrogen) atoms. The fourth-order valence-corrected chi connectivity index (χ4v) is 4.55. The van der Waals surface area contributed by atoms with Crippen molar-refractivity contribution in [3.05, 3.63) is 32.6 Å². The quantitative estimate of drug-likeness (QED) is 0.869. The zero-order valence-electron chi connectivity index (χ0n) is 9.16. The molecule has 102 valence electrons. The van der Waals surface area contributed by atoms with E-state index in [1.807, 2.05) is 0 Å². The summed E-state index contributed by atoms with van der Waals surface area (Å²) in [6, 6.07) is 3.35. The molecule has 0 aliphatic carbocycles. The van der Waals surface area contributed by atoms with Crippen molar-refractivity contribution >= 4 is 50.3 Å². The largest absolute Gasteiger partial charge is 0.476 e. The number of carbonyl (C=O) groups is 1. The summed E-state index contributed by atoms with van der Waals surface area (Å²) in [6.07, 6.45) is 0. The zero-order chi connectivity index (χ0) is 14.0. The first-order valence-corrected chi connectivity index (χ1v) is 8.36. The van der Waals surface area contributed by atoms with E-state index in [4.69, 9.17) is 16.7 Å². The van der Waals surface area contributed by atoms with Gasteiger partial charge in [0.15, 0.2) is 9.90 Å². The minimum absolute atomic E-state index is 0.0523. The maximum atomic E-state index is 12.0. The number of rotatable bonds is 5. The van der Waals surface area contributed by atoms with Gasteiger partial charge >= 0.3 is 5.97 Å². The molecule has 0 atom stereocenters. The summed E-state index contributed by atoms with van der Waals surface area (Å²) >= 11 is 7.74.